The third-order valence-corrected chi connectivity index (χ3v) is 5.86. The molecule has 4 rings (SSSR count). The van der Waals surface area contributed by atoms with Gasteiger partial charge in [0.25, 0.3) is 11.6 Å². The Morgan fingerprint density at radius 1 is 1.25 bits per heavy atom. The molecule has 1 amide bonds. The lowest BCUT2D eigenvalue weighted by atomic mass is 9.96. The summed E-state index contributed by atoms with van der Waals surface area (Å²) in [5.41, 5.74) is 2.41. The fourth-order valence-electron chi connectivity index (χ4n) is 3.26. The number of fused-ring (bicyclic) bond motifs is 1. The summed E-state index contributed by atoms with van der Waals surface area (Å²) in [6.45, 7) is 0. The first-order valence-electron chi connectivity index (χ1n) is 8.73. The minimum atomic E-state index is -0.473. The minimum Gasteiger partial charge on any atom is -0.311 e. The molecule has 0 radical (unpaired) electrons. The van der Waals surface area contributed by atoms with Crippen molar-refractivity contribution < 1.29 is 9.72 Å². The average Bonchev–Trinajstić information content (AvgIpc) is 3.32. The number of rotatable bonds is 4. The van der Waals surface area contributed by atoms with E-state index in [0.29, 0.717) is 16.3 Å². The van der Waals surface area contributed by atoms with E-state index < -0.39 is 10.8 Å². The maximum absolute atomic E-state index is 12.6. The fourth-order valence-corrected chi connectivity index (χ4v) is 4.49. The van der Waals surface area contributed by atoms with E-state index in [1.807, 2.05) is 0 Å². The molecule has 0 spiro atoms. The molecule has 0 saturated heterocycles. The molecule has 8 nitrogen and oxygen atoms in total. The number of aryl methyl sites for hydroxylation is 1. The minimum absolute atomic E-state index is 0.0143. The number of nitrogens with zero attached hydrogens (tertiary/aromatic N) is 4. The van der Waals surface area contributed by atoms with Gasteiger partial charge in [-0.25, -0.2) is 4.68 Å². The molecular formula is C19H15N5O3S. The summed E-state index contributed by atoms with van der Waals surface area (Å²) >= 11 is 1.46. The highest BCUT2D eigenvalue weighted by Crippen LogP contribution is 2.37. The van der Waals surface area contributed by atoms with E-state index in [1.54, 1.807) is 24.4 Å². The number of hydrogen-bond donors (Lipinski definition) is 1. The smallest absolute Gasteiger partial charge is 0.276 e. The number of amides is 1. The van der Waals surface area contributed by atoms with Crippen LogP contribution in [0.4, 0.5) is 10.7 Å². The molecular weight excluding hydrogens is 378 g/mol. The Morgan fingerprint density at radius 3 is 2.71 bits per heavy atom. The summed E-state index contributed by atoms with van der Waals surface area (Å²) < 4.78 is 1.48. The number of hydrogen-bond acceptors (Lipinski definition) is 6. The monoisotopic (exact) mass is 393 g/mol. The van der Waals surface area contributed by atoms with Crippen LogP contribution in [0.3, 0.4) is 0 Å². The highest BCUT2D eigenvalue weighted by Gasteiger charge is 2.22. The molecule has 0 bridgehead atoms. The van der Waals surface area contributed by atoms with Crippen LogP contribution in [0, 0.1) is 21.4 Å². The standard InChI is InChI=1S/C19H15N5O3S/c20-11-15-14-3-1-2-4-17(14)28-19(15)21-18(25)16-9-10-23(22-16)12-5-7-13(8-6-12)24(26)27/h5-10H,1-4H2,(H,21,25). The second-order valence-corrected chi connectivity index (χ2v) is 7.51. The molecule has 140 valence electrons. The van der Waals surface area contributed by atoms with Crippen molar-refractivity contribution in [3.63, 3.8) is 0 Å². The van der Waals surface area contributed by atoms with E-state index in [0.717, 1.165) is 31.2 Å². The number of anilines is 1. The van der Waals surface area contributed by atoms with Crippen LogP contribution in [0.5, 0.6) is 0 Å². The van der Waals surface area contributed by atoms with Gasteiger partial charge in [0.2, 0.25) is 0 Å². The summed E-state index contributed by atoms with van der Waals surface area (Å²) in [5, 5.41) is 27.9. The quantitative estimate of drug-likeness (QED) is 0.534. The maximum Gasteiger partial charge on any atom is 0.276 e. The van der Waals surface area contributed by atoms with Gasteiger partial charge in [-0.3, -0.25) is 14.9 Å². The predicted octanol–water partition coefficient (Wildman–Crippen LogP) is 3.84. The number of non-ortho nitro benzene ring substituents is 1. The predicted molar refractivity (Wildman–Crippen MR) is 104 cm³/mol. The Hall–Kier alpha value is -3.51. The molecule has 1 N–H and O–H groups in total. The van der Waals surface area contributed by atoms with E-state index in [2.05, 4.69) is 16.5 Å². The number of nitriles is 1. The zero-order chi connectivity index (χ0) is 19.7. The van der Waals surface area contributed by atoms with Crippen molar-refractivity contribution in [2.75, 3.05) is 5.32 Å². The van der Waals surface area contributed by atoms with Gasteiger partial charge < -0.3 is 5.32 Å². The summed E-state index contributed by atoms with van der Waals surface area (Å²) in [6, 6.07) is 9.68. The summed E-state index contributed by atoms with van der Waals surface area (Å²) in [6.07, 6.45) is 5.59. The molecule has 3 aromatic rings. The molecule has 0 unspecified atom stereocenters. The van der Waals surface area contributed by atoms with Gasteiger partial charge in [0.1, 0.15) is 11.1 Å². The van der Waals surface area contributed by atoms with Gasteiger partial charge in [-0.1, -0.05) is 0 Å². The Balaban J connectivity index is 1.55. The topological polar surface area (TPSA) is 114 Å². The van der Waals surface area contributed by atoms with Crippen molar-refractivity contribution in [1.29, 1.82) is 5.26 Å². The van der Waals surface area contributed by atoms with E-state index in [4.69, 9.17) is 0 Å². The van der Waals surface area contributed by atoms with Crippen molar-refractivity contribution in [2.24, 2.45) is 0 Å². The number of thiophene rings is 1. The van der Waals surface area contributed by atoms with Gasteiger partial charge in [-0.15, -0.1) is 11.3 Å². The molecule has 0 atom stereocenters. The molecule has 2 aromatic heterocycles. The van der Waals surface area contributed by atoms with Gasteiger partial charge in [0.05, 0.1) is 16.2 Å². The average molecular weight is 393 g/mol. The second-order valence-electron chi connectivity index (χ2n) is 6.40. The zero-order valence-electron chi connectivity index (χ0n) is 14.7. The number of nitro groups is 1. The van der Waals surface area contributed by atoms with Crippen LogP contribution in [0.15, 0.2) is 36.5 Å². The Kier molecular flexibility index (Phi) is 4.63. The van der Waals surface area contributed by atoms with Crippen LogP contribution in [-0.2, 0) is 12.8 Å². The Labute approximate surface area is 164 Å². The van der Waals surface area contributed by atoms with Gasteiger partial charge in [0, 0.05) is 23.2 Å². The Bertz CT molecular complexity index is 1110. The van der Waals surface area contributed by atoms with Gasteiger partial charge in [-0.05, 0) is 49.4 Å². The summed E-state index contributed by atoms with van der Waals surface area (Å²) in [4.78, 5) is 24.1. The number of carbonyl (C=O) groups excluding carboxylic acids is 1. The number of nitrogens with one attached hydrogen (secondary N) is 1. The van der Waals surface area contributed by atoms with Crippen LogP contribution in [0.25, 0.3) is 5.69 Å². The van der Waals surface area contributed by atoms with Crippen molar-refractivity contribution in [1.82, 2.24) is 9.78 Å². The number of aromatic nitrogens is 2. The van der Waals surface area contributed by atoms with E-state index in [9.17, 15) is 20.2 Å². The molecule has 1 aromatic carbocycles. The van der Waals surface area contributed by atoms with Gasteiger partial charge in [0.15, 0.2) is 5.69 Å². The van der Waals surface area contributed by atoms with Crippen LogP contribution >= 0.6 is 11.3 Å². The third-order valence-electron chi connectivity index (χ3n) is 4.66. The zero-order valence-corrected chi connectivity index (χ0v) is 15.5. The maximum atomic E-state index is 12.6. The molecule has 1 aliphatic carbocycles. The van der Waals surface area contributed by atoms with Crippen molar-refractivity contribution in [3.8, 4) is 11.8 Å². The van der Waals surface area contributed by atoms with Crippen molar-refractivity contribution in [3.05, 3.63) is 68.3 Å². The molecule has 0 aliphatic heterocycles. The van der Waals surface area contributed by atoms with Crippen LogP contribution < -0.4 is 5.32 Å². The van der Waals surface area contributed by atoms with E-state index in [-0.39, 0.29) is 11.4 Å². The van der Waals surface area contributed by atoms with Crippen molar-refractivity contribution >= 4 is 27.9 Å². The number of carbonyl (C=O) groups is 1. The first-order valence-corrected chi connectivity index (χ1v) is 9.55. The SMILES string of the molecule is N#Cc1c(NC(=O)c2ccn(-c3ccc([N+](=O)[O-])cc3)n2)sc2c1CCCC2. The number of benzene rings is 1. The largest absolute Gasteiger partial charge is 0.311 e. The highest BCUT2D eigenvalue weighted by molar-refractivity contribution is 7.16. The Morgan fingerprint density at radius 2 is 2.00 bits per heavy atom. The lowest BCUT2D eigenvalue weighted by Gasteiger charge is -2.09. The fraction of sp³-hybridized carbons (Fsp3) is 0.211. The van der Waals surface area contributed by atoms with Crippen molar-refractivity contribution in [2.45, 2.75) is 25.7 Å². The van der Waals surface area contributed by atoms with E-state index >= 15 is 0 Å². The first-order chi connectivity index (χ1) is 13.6. The summed E-state index contributed by atoms with van der Waals surface area (Å²) in [7, 11) is 0. The molecule has 0 saturated carbocycles. The lowest BCUT2D eigenvalue weighted by Crippen LogP contribution is -2.13. The van der Waals surface area contributed by atoms with Gasteiger partial charge in [-0.2, -0.15) is 10.4 Å². The van der Waals surface area contributed by atoms with Gasteiger partial charge >= 0.3 is 0 Å². The molecule has 1 aliphatic rings. The highest BCUT2D eigenvalue weighted by atomic mass is 32.1. The first kappa shape index (κ1) is 17.9. The number of nitro benzene ring substituents is 1. The van der Waals surface area contributed by atoms with Crippen LogP contribution in [0.1, 0.15) is 39.3 Å². The second kappa shape index (κ2) is 7.25. The molecule has 9 heteroatoms. The summed E-state index contributed by atoms with van der Waals surface area (Å²) in [5.74, 6) is -0.393. The lowest BCUT2D eigenvalue weighted by molar-refractivity contribution is -0.384. The normalized spacial score (nSPS) is 12.8. The van der Waals surface area contributed by atoms with Crippen LogP contribution in [0.2, 0.25) is 0 Å². The molecule has 0 fully saturated rings. The van der Waals surface area contributed by atoms with E-state index in [1.165, 1.54) is 33.0 Å². The van der Waals surface area contributed by atoms with Crippen LogP contribution in [-0.4, -0.2) is 20.6 Å². The molecule has 28 heavy (non-hydrogen) atoms. The third kappa shape index (κ3) is 3.25. The molecule has 2 heterocycles.